The number of amides is 1. The third-order valence-corrected chi connectivity index (χ3v) is 4.99. The summed E-state index contributed by atoms with van der Waals surface area (Å²) in [7, 11) is 3.31. The molecule has 0 aliphatic carbocycles. The first-order valence-electron chi connectivity index (χ1n) is 8.93. The van der Waals surface area contributed by atoms with Crippen molar-refractivity contribution in [3.63, 3.8) is 0 Å². The molecule has 0 spiro atoms. The van der Waals surface area contributed by atoms with Crippen LogP contribution in [0.2, 0.25) is 0 Å². The highest BCUT2D eigenvalue weighted by Crippen LogP contribution is 2.32. The van der Waals surface area contributed by atoms with E-state index in [0.717, 1.165) is 35.7 Å². The molecule has 2 aromatic carbocycles. The molecule has 6 heteroatoms. The second-order valence-electron chi connectivity index (χ2n) is 6.49. The second kappa shape index (κ2) is 9.62. The number of nitrogens with one attached hydrogen (secondary N) is 1. The highest BCUT2D eigenvalue weighted by molar-refractivity contribution is 5.85. The van der Waals surface area contributed by atoms with Crippen LogP contribution in [-0.2, 0) is 4.79 Å². The Morgan fingerprint density at radius 2 is 1.93 bits per heavy atom. The highest BCUT2D eigenvalue weighted by Gasteiger charge is 2.32. The topological polar surface area (TPSA) is 50.8 Å². The Labute approximate surface area is 167 Å². The minimum Gasteiger partial charge on any atom is -0.497 e. The molecule has 1 heterocycles. The minimum absolute atomic E-state index is 0. The molecule has 0 saturated carbocycles. The van der Waals surface area contributed by atoms with Gasteiger partial charge in [0.2, 0.25) is 5.91 Å². The predicted molar refractivity (Wildman–Crippen MR) is 109 cm³/mol. The van der Waals surface area contributed by atoms with E-state index in [0.29, 0.717) is 6.54 Å². The number of hydrogen-bond acceptors (Lipinski definition) is 4. The maximum absolute atomic E-state index is 13.3. The van der Waals surface area contributed by atoms with Crippen LogP contribution in [0.15, 0.2) is 48.5 Å². The van der Waals surface area contributed by atoms with Crippen molar-refractivity contribution < 1.29 is 14.3 Å². The van der Waals surface area contributed by atoms with Gasteiger partial charge in [-0.15, -0.1) is 12.4 Å². The maximum Gasteiger partial charge on any atom is 0.230 e. The summed E-state index contributed by atoms with van der Waals surface area (Å²) in [4.78, 5) is 15.3. The fraction of sp³-hybridized carbons (Fsp3) is 0.381. The Morgan fingerprint density at radius 1 is 1.15 bits per heavy atom. The third kappa shape index (κ3) is 4.54. The van der Waals surface area contributed by atoms with Gasteiger partial charge in [-0.05, 0) is 30.7 Å². The van der Waals surface area contributed by atoms with Gasteiger partial charge in [0.25, 0.3) is 0 Å². The molecule has 0 radical (unpaired) electrons. The Morgan fingerprint density at radius 3 is 2.67 bits per heavy atom. The number of carbonyl (C=O) groups is 1. The second-order valence-corrected chi connectivity index (χ2v) is 6.49. The largest absolute Gasteiger partial charge is 0.497 e. The van der Waals surface area contributed by atoms with E-state index in [1.165, 1.54) is 0 Å². The lowest BCUT2D eigenvalue weighted by Crippen LogP contribution is -2.49. The predicted octanol–water partition coefficient (Wildman–Crippen LogP) is 3.40. The molecule has 146 valence electrons. The molecule has 1 N–H and O–H groups in total. The standard InChI is InChI=1S/C21H26N2O3.ClH/c1-15(16-7-6-8-17(13-16)25-2)21(24)23-12-11-22-14-19(23)18-9-4-5-10-20(18)26-3;/h4-10,13,15,19,22H,11-12,14H2,1-3H3;1H. The van der Waals surface area contributed by atoms with E-state index in [9.17, 15) is 4.79 Å². The first-order chi connectivity index (χ1) is 12.7. The van der Waals surface area contributed by atoms with E-state index in [1.807, 2.05) is 60.4 Å². The summed E-state index contributed by atoms with van der Waals surface area (Å²) in [5.41, 5.74) is 2.00. The average Bonchev–Trinajstić information content (AvgIpc) is 2.72. The van der Waals surface area contributed by atoms with Crippen LogP contribution in [-0.4, -0.2) is 44.7 Å². The number of hydrogen-bond donors (Lipinski definition) is 1. The van der Waals surface area contributed by atoms with E-state index >= 15 is 0 Å². The smallest absolute Gasteiger partial charge is 0.230 e. The van der Waals surface area contributed by atoms with E-state index in [-0.39, 0.29) is 30.3 Å². The first-order valence-corrected chi connectivity index (χ1v) is 8.93. The van der Waals surface area contributed by atoms with Crippen LogP contribution >= 0.6 is 12.4 Å². The van der Waals surface area contributed by atoms with Crippen molar-refractivity contribution in [1.29, 1.82) is 0 Å². The summed E-state index contributed by atoms with van der Waals surface area (Å²) in [5, 5.41) is 3.40. The zero-order chi connectivity index (χ0) is 18.5. The molecule has 0 bridgehead atoms. The average molecular weight is 391 g/mol. The highest BCUT2D eigenvalue weighted by atomic mass is 35.5. The number of nitrogens with zero attached hydrogens (tertiary/aromatic N) is 1. The van der Waals surface area contributed by atoms with Gasteiger partial charge in [0.05, 0.1) is 26.2 Å². The number of para-hydroxylation sites is 1. The summed E-state index contributed by atoms with van der Waals surface area (Å²) in [6.45, 7) is 4.15. The summed E-state index contributed by atoms with van der Waals surface area (Å²) in [6.07, 6.45) is 0. The zero-order valence-corrected chi connectivity index (χ0v) is 16.8. The summed E-state index contributed by atoms with van der Waals surface area (Å²) < 4.78 is 10.8. The van der Waals surface area contributed by atoms with Crippen LogP contribution < -0.4 is 14.8 Å². The van der Waals surface area contributed by atoms with Crippen molar-refractivity contribution in [3.8, 4) is 11.5 Å². The van der Waals surface area contributed by atoms with E-state index < -0.39 is 0 Å². The Kier molecular flexibility index (Phi) is 7.51. The van der Waals surface area contributed by atoms with E-state index in [4.69, 9.17) is 9.47 Å². The number of halogens is 1. The van der Waals surface area contributed by atoms with Gasteiger partial charge in [0, 0.05) is 25.2 Å². The first kappa shape index (κ1) is 21.1. The maximum atomic E-state index is 13.3. The molecule has 0 aromatic heterocycles. The minimum atomic E-state index is -0.236. The number of carbonyl (C=O) groups excluding carboxylic acids is 1. The number of benzene rings is 2. The van der Waals surface area contributed by atoms with Crippen LogP contribution in [0.25, 0.3) is 0 Å². The van der Waals surface area contributed by atoms with Crippen molar-refractivity contribution in [3.05, 3.63) is 59.7 Å². The summed E-state index contributed by atoms with van der Waals surface area (Å²) >= 11 is 0. The molecule has 5 nitrogen and oxygen atoms in total. The van der Waals surface area contributed by atoms with Crippen LogP contribution in [0.5, 0.6) is 11.5 Å². The van der Waals surface area contributed by atoms with Gasteiger partial charge in [0.1, 0.15) is 11.5 Å². The fourth-order valence-electron chi connectivity index (χ4n) is 3.49. The summed E-state index contributed by atoms with van der Waals surface area (Å²) in [6, 6.07) is 15.6. The van der Waals surface area contributed by atoms with Gasteiger partial charge in [0.15, 0.2) is 0 Å². The van der Waals surface area contributed by atoms with Gasteiger partial charge < -0.3 is 19.7 Å². The van der Waals surface area contributed by atoms with Crippen molar-refractivity contribution in [2.45, 2.75) is 18.9 Å². The van der Waals surface area contributed by atoms with Gasteiger partial charge in [-0.25, -0.2) is 0 Å². The van der Waals surface area contributed by atoms with E-state index in [1.54, 1.807) is 14.2 Å². The van der Waals surface area contributed by atoms with Crippen LogP contribution in [0.1, 0.15) is 30.0 Å². The number of ether oxygens (including phenoxy) is 2. The lowest BCUT2D eigenvalue weighted by atomic mass is 9.96. The van der Waals surface area contributed by atoms with Gasteiger partial charge >= 0.3 is 0 Å². The van der Waals surface area contributed by atoms with Crippen LogP contribution in [0.4, 0.5) is 0 Å². The van der Waals surface area contributed by atoms with Crippen molar-refractivity contribution in [2.24, 2.45) is 0 Å². The SMILES string of the molecule is COc1cccc(C(C)C(=O)N2CCNCC2c2ccccc2OC)c1.Cl. The molecule has 2 unspecified atom stereocenters. The van der Waals surface area contributed by atoms with Crippen LogP contribution in [0, 0.1) is 0 Å². The summed E-state index contributed by atoms with van der Waals surface area (Å²) in [5.74, 6) is 1.47. The molecule has 1 aliphatic heterocycles. The third-order valence-electron chi connectivity index (χ3n) is 4.99. The molecule has 3 rings (SSSR count). The van der Waals surface area contributed by atoms with Crippen molar-refractivity contribution in [2.75, 3.05) is 33.9 Å². The molecular formula is C21H27ClN2O3. The molecule has 27 heavy (non-hydrogen) atoms. The number of rotatable bonds is 5. The molecule has 1 aliphatic rings. The molecular weight excluding hydrogens is 364 g/mol. The number of piperazine rings is 1. The monoisotopic (exact) mass is 390 g/mol. The van der Waals surface area contributed by atoms with Crippen molar-refractivity contribution in [1.82, 2.24) is 10.2 Å². The lowest BCUT2D eigenvalue weighted by molar-refractivity contribution is -0.135. The van der Waals surface area contributed by atoms with Crippen LogP contribution in [0.3, 0.4) is 0 Å². The van der Waals surface area contributed by atoms with Crippen molar-refractivity contribution >= 4 is 18.3 Å². The lowest BCUT2D eigenvalue weighted by Gasteiger charge is -2.38. The molecule has 1 fully saturated rings. The molecule has 1 amide bonds. The normalized spacial score (nSPS) is 17.6. The zero-order valence-electron chi connectivity index (χ0n) is 16.0. The van der Waals surface area contributed by atoms with Gasteiger partial charge in [-0.3, -0.25) is 4.79 Å². The van der Waals surface area contributed by atoms with Gasteiger partial charge in [-0.2, -0.15) is 0 Å². The Balaban J connectivity index is 0.00000261. The number of methoxy groups -OCH3 is 2. The Hall–Kier alpha value is -2.24. The molecule has 1 saturated heterocycles. The quantitative estimate of drug-likeness (QED) is 0.850. The molecule has 2 atom stereocenters. The Bertz CT molecular complexity index is 769. The van der Waals surface area contributed by atoms with Gasteiger partial charge in [-0.1, -0.05) is 30.3 Å². The fourth-order valence-corrected chi connectivity index (χ4v) is 3.49. The van der Waals surface area contributed by atoms with E-state index in [2.05, 4.69) is 5.32 Å². The molecule has 2 aromatic rings.